The zero-order valence-corrected chi connectivity index (χ0v) is 21.8. The molecule has 0 spiro atoms. The molecule has 0 saturated heterocycles. The Morgan fingerprint density at radius 2 is 1.94 bits per heavy atom. The van der Waals surface area contributed by atoms with E-state index in [1.807, 2.05) is 29.8 Å². The second kappa shape index (κ2) is 9.77. The summed E-state index contributed by atoms with van der Waals surface area (Å²) >= 11 is 0. The van der Waals surface area contributed by atoms with E-state index in [4.69, 9.17) is 4.42 Å². The summed E-state index contributed by atoms with van der Waals surface area (Å²) in [5, 5.41) is 13.9. The fourth-order valence-corrected chi connectivity index (χ4v) is 4.77. The fraction of sp³-hybridized carbons (Fsp3) is 0.481. The molecule has 0 saturated carbocycles. The Labute approximate surface area is 206 Å². The molecule has 1 N–H and O–H groups in total. The number of hydrogen-bond acceptors (Lipinski definition) is 6. The number of hydrogen-bond donors (Lipinski definition) is 1. The van der Waals surface area contributed by atoms with Crippen molar-refractivity contribution in [2.24, 2.45) is 5.92 Å². The Morgan fingerprint density at radius 1 is 1.17 bits per heavy atom. The number of aromatic amines is 1. The Kier molecular flexibility index (Phi) is 6.94. The van der Waals surface area contributed by atoms with E-state index in [1.165, 1.54) is 5.56 Å². The van der Waals surface area contributed by atoms with Gasteiger partial charge in [0.25, 0.3) is 5.56 Å². The van der Waals surface area contributed by atoms with E-state index in [9.17, 15) is 4.79 Å². The normalized spacial score (nSPS) is 13.3. The molecule has 8 nitrogen and oxygen atoms in total. The quantitative estimate of drug-likeness (QED) is 0.354. The van der Waals surface area contributed by atoms with E-state index >= 15 is 0 Å². The van der Waals surface area contributed by atoms with Crippen LogP contribution < -0.4 is 5.56 Å². The SMILES string of the molecule is CCC(C)(C)n1nnnc1C(C(C)C)N(Cc1ccco1)Cc1cc2cc(C)cc(C)c2[nH]c1=O. The molecule has 0 amide bonds. The predicted octanol–water partition coefficient (Wildman–Crippen LogP) is 5.27. The molecule has 1 unspecified atom stereocenters. The minimum Gasteiger partial charge on any atom is -0.468 e. The van der Waals surface area contributed by atoms with Crippen LogP contribution in [-0.2, 0) is 18.6 Å². The summed E-state index contributed by atoms with van der Waals surface area (Å²) in [5.41, 5.74) is 3.51. The van der Waals surface area contributed by atoms with Gasteiger partial charge < -0.3 is 9.40 Å². The molecule has 3 aromatic heterocycles. The molecule has 8 heteroatoms. The summed E-state index contributed by atoms with van der Waals surface area (Å²) in [7, 11) is 0. The standard InChI is InChI=1S/C27H36N6O2/c1-8-27(6,7)33-25(29-30-31-33)24(17(2)3)32(16-22-10-9-11-35-22)15-21-14-20-13-18(4)12-19(5)23(20)28-26(21)34/h9-14,17,24H,8,15-16H2,1-7H3,(H,28,34). The Bertz CT molecular complexity index is 1350. The van der Waals surface area contributed by atoms with Gasteiger partial charge in [-0.15, -0.1) is 5.10 Å². The number of H-pyrrole nitrogens is 1. The summed E-state index contributed by atoms with van der Waals surface area (Å²) in [5.74, 6) is 1.81. The van der Waals surface area contributed by atoms with Crippen molar-refractivity contribution in [3.8, 4) is 0 Å². The number of aromatic nitrogens is 5. The number of aryl methyl sites for hydroxylation is 2. The lowest BCUT2D eigenvalue weighted by molar-refractivity contribution is 0.109. The molecule has 0 aliphatic heterocycles. The summed E-state index contributed by atoms with van der Waals surface area (Å²) in [6.45, 7) is 15.8. The topological polar surface area (TPSA) is 92.8 Å². The highest BCUT2D eigenvalue weighted by molar-refractivity contribution is 5.82. The number of nitrogens with one attached hydrogen (secondary N) is 1. The zero-order chi connectivity index (χ0) is 25.3. The molecule has 1 aromatic carbocycles. The summed E-state index contributed by atoms with van der Waals surface area (Å²) in [6.07, 6.45) is 2.56. The van der Waals surface area contributed by atoms with Crippen molar-refractivity contribution in [1.29, 1.82) is 0 Å². The Balaban J connectivity index is 1.81. The van der Waals surface area contributed by atoms with E-state index in [0.29, 0.717) is 18.7 Å². The molecule has 4 aromatic rings. The van der Waals surface area contributed by atoms with Gasteiger partial charge in [0, 0.05) is 12.1 Å². The first kappa shape index (κ1) is 24.9. The molecule has 0 bridgehead atoms. The minimum absolute atomic E-state index is 0.0788. The van der Waals surface area contributed by atoms with Gasteiger partial charge in [-0.2, -0.15) is 0 Å². The molecule has 35 heavy (non-hydrogen) atoms. The fourth-order valence-electron chi connectivity index (χ4n) is 4.77. The lowest BCUT2D eigenvalue weighted by Gasteiger charge is -2.35. The number of tetrazole rings is 1. The van der Waals surface area contributed by atoms with Crippen LogP contribution in [0.25, 0.3) is 10.9 Å². The van der Waals surface area contributed by atoms with E-state index < -0.39 is 0 Å². The second-order valence-electron chi connectivity index (χ2n) is 10.5. The lowest BCUT2D eigenvalue weighted by atomic mass is 9.97. The van der Waals surface area contributed by atoms with E-state index in [-0.39, 0.29) is 23.1 Å². The van der Waals surface area contributed by atoms with E-state index in [0.717, 1.165) is 34.5 Å². The second-order valence-corrected chi connectivity index (χ2v) is 10.5. The van der Waals surface area contributed by atoms with Gasteiger partial charge in [0.1, 0.15) is 5.76 Å². The van der Waals surface area contributed by atoms with Crippen molar-refractivity contribution in [3.63, 3.8) is 0 Å². The maximum absolute atomic E-state index is 13.2. The zero-order valence-electron chi connectivity index (χ0n) is 21.8. The van der Waals surface area contributed by atoms with Crippen LogP contribution in [0.5, 0.6) is 0 Å². The number of benzene rings is 1. The van der Waals surface area contributed by atoms with Crippen molar-refractivity contribution in [1.82, 2.24) is 30.1 Å². The van der Waals surface area contributed by atoms with E-state index in [1.54, 1.807) is 6.26 Å². The van der Waals surface area contributed by atoms with Crippen LogP contribution >= 0.6 is 0 Å². The van der Waals surface area contributed by atoms with Crippen LogP contribution in [0.3, 0.4) is 0 Å². The third-order valence-electron chi connectivity index (χ3n) is 6.90. The highest BCUT2D eigenvalue weighted by atomic mass is 16.3. The van der Waals surface area contributed by atoms with Gasteiger partial charge in [0.05, 0.1) is 29.9 Å². The van der Waals surface area contributed by atoms with Crippen molar-refractivity contribution in [3.05, 3.63) is 75.2 Å². The maximum atomic E-state index is 13.2. The largest absolute Gasteiger partial charge is 0.468 e. The number of furan rings is 1. The van der Waals surface area contributed by atoms with Crippen LogP contribution in [-0.4, -0.2) is 30.1 Å². The average Bonchev–Trinajstić information content (AvgIpc) is 3.47. The number of nitrogens with zero attached hydrogens (tertiary/aromatic N) is 5. The number of fused-ring (bicyclic) bond motifs is 1. The third kappa shape index (κ3) is 5.07. The van der Waals surface area contributed by atoms with Crippen molar-refractivity contribution in [2.75, 3.05) is 0 Å². The summed E-state index contributed by atoms with van der Waals surface area (Å²) in [4.78, 5) is 18.6. The van der Waals surface area contributed by atoms with Crippen LogP contribution in [0.1, 0.15) is 75.4 Å². The van der Waals surface area contributed by atoms with Gasteiger partial charge in [0.15, 0.2) is 5.82 Å². The molecule has 3 heterocycles. The number of pyridine rings is 1. The monoisotopic (exact) mass is 476 g/mol. The van der Waals surface area contributed by atoms with Gasteiger partial charge >= 0.3 is 0 Å². The maximum Gasteiger partial charge on any atom is 0.252 e. The van der Waals surface area contributed by atoms with Crippen molar-refractivity contribution < 1.29 is 4.42 Å². The third-order valence-corrected chi connectivity index (χ3v) is 6.90. The first-order valence-corrected chi connectivity index (χ1v) is 12.3. The smallest absolute Gasteiger partial charge is 0.252 e. The van der Waals surface area contributed by atoms with Gasteiger partial charge in [-0.3, -0.25) is 9.69 Å². The molecule has 0 aliphatic rings. The molecule has 1 atom stereocenters. The highest BCUT2D eigenvalue weighted by Crippen LogP contribution is 2.33. The lowest BCUT2D eigenvalue weighted by Crippen LogP contribution is -2.38. The molecule has 0 aliphatic carbocycles. The summed E-state index contributed by atoms with van der Waals surface area (Å²) in [6, 6.07) is 9.93. The molecule has 0 radical (unpaired) electrons. The van der Waals surface area contributed by atoms with Crippen LogP contribution in [0, 0.1) is 19.8 Å². The van der Waals surface area contributed by atoms with E-state index in [2.05, 4.69) is 79.1 Å². The first-order chi connectivity index (χ1) is 16.6. The van der Waals surface area contributed by atoms with Crippen molar-refractivity contribution >= 4 is 10.9 Å². The molecular formula is C27H36N6O2. The first-order valence-electron chi connectivity index (χ1n) is 12.3. The molecule has 4 rings (SSSR count). The molecule has 186 valence electrons. The molecular weight excluding hydrogens is 440 g/mol. The van der Waals surface area contributed by atoms with Gasteiger partial charge in [-0.05, 0) is 85.7 Å². The van der Waals surface area contributed by atoms with Crippen LogP contribution in [0.4, 0.5) is 0 Å². The van der Waals surface area contributed by atoms with Crippen LogP contribution in [0.15, 0.2) is 45.8 Å². The minimum atomic E-state index is -0.238. The molecule has 0 fully saturated rings. The predicted molar refractivity (Wildman–Crippen MR) is 137 cm³/mol. The highest BCUT2D eigenvalue weighted by Gasteiger charge is 2.34. The van der Waals surface area contributed by atoms with Gasteiger partial charge in [-0.25, -0.2) is 4.68 Å². The van der Waals surface area contributed by atoms with Gasteiger partial charge in [0.2, 0.25) is 0 Å². The summed E-state index contributed by atoms with van der Waals surface area (Å²) < 4.78 is 7.65. The van der Waals surface area contributed by atoms with Crippen LogP contribution in [0.2, 0.25) is 0 Å². The van der Waals surface area contributed by atoms with Crippen molar-refractivity contribution in [2.45, 2.75) is 79.6 Å². The van der Waals surface area contributed by atoms with Gasteiger partial charge in [-0.1, -0.05) is 32.4 Å². The average molecular weight is 477 g/mol. The Morgan fingerprint density at radius 3 is 2.60 bits per heavy atom. The number of rotatable bonds is 9. The Hall–Kier alpha value is -3.26.